The van der Waals surface area contributed by atoms with E-state index in [4.69, 9.17) is 4.74 Å². The van der Waals surface area contributed by atoms with Crippen LogP contribution in [0.1, 0.15) is 44.5 Å². The summed E-state index contributed by atoms with van der Waals surface area (Å²) in [4.78, 5) is 4.46. The fourth-order valence-corrected chi connectivity index (χ4v) is 2.40. The normalized spacial score (nSPS) is 21.9. The first-order valence-electron chi connectivity index (χ1n) is 6.63. The summed E-state index contributed by atoms with van der Waals surface area (Å²) < 4.78 is 7.82. The molecule has 17 heavy (non-hydrogen) atoms. The SMILES string of the molecule is CCCNC(CC1CCCO1)c1nccn1C. The highest BCUT2D eigenvalue weighted by atomic mass is 16.5. The van der Waals surface area contributed by atoms with Gasteiger partial charge in [0, 0.05) is 26.0 Å². The molecule has 4 nitrogen and oxygen atoms in total. The first-order chi connectivity index (χ1) is 8.31. The Kier molecular flexibility index (Phi) is 4.57. The molecule has 1 aliphatic heterocycles. The van der Waals surface area contributed by atoms with Crippen LogP contribution in [-0.2, 0) is 11.8 Å². The third-order valence-corrected chi connectivity index (χ3v) is 3.33. The second kappa shape index (κ2) is 6.17. The predicted octanol–water partition coefficient (Wildman–Crippen LogP) is 2.03. The van der Waals surface area contributed by atoms with Crippen molar-refractivity contribution in [3.63, 3.8) is 0 Å². The van der Waals surface area contributed by atoms with Crippen molar-refractivity contribution in [2.75, 3.05) is 13.2 Å². The van der Waals surface area contributed by atoms with Crippen LogP contribution in [0.4, 0.5) is 0 Å². The number of aromatic nitrogens is 2. The quantitative estimate of drug-likeness (QED) is 0.823. The van der Waals surface area contributed by atoms with Crippen molar-refractivity contribution in [2.24, 2.45) is 7.05 Å². The van der Waals surface area contributed by atoms with E-state index in [1.165, 1.54) is 12.8 Å². The number of nitrogens with one attached hydrogen (secondary N) is 1. The van der Waals surface area contributed by atoms with E-state index >= 15 is 0 Å². The van der Waals surface area contributed by atoms with Crippen molar-refractivity contribution in [3.05, 3.63) is 18.2 Å². The molecule has 0 spiro atoms. The van der Waals surface area contributed by atoms with E-state index < -0.39 is 0 Å². The van der Waals surface area contributed by atoms with E-state index in [2.05, 4.69) is 28.8 Å². The first-order valence-corrected chi connectivity index (χ1v) is 6.63. The second-order valence-electron chi connectivity index (χ2n) is 4.77. The topological polar surface area (TPSA) is 39.1 Å². The molecular weight excluding hydrogens is 214 g/mol. The standard InChI is InChI=1S/C13H23N3O/c1-3-6-14-12(10-11-5-4-9-17-11)13-15-7-8-16(13)2/h7-8,11-12,14H,3-6,9-10H2,1-2H3. The van der Waals surface area contributed by atoms with Gasteiger partial charge in [-0.2, -0.15) is 0 Å². The smallest absolute Gasteiger partial charge is 0.125 e. The highest BCUT2D eigenvalue weighted by Gasteiger charge is 2.23. The Hall–Kier alpha value is -0.870. The minimum Gasteiger partial charge on any atom is -0.378 e. The van der Waals surface area contributed by atoms with E-state index in [1.54, 1.807) is 0 Å². The van der Waals surface area contributed by atoms with Crippen LogP contribution >= 0.6 is 0 Å². The number of hydrogen-bond donors (Lipinski definition) is 1. The van der Waals surface area contributed by atoms with Crippen LogP contribution < -0.4 is 5.32 Å². The third kappa shape index (κ3) is 3.30. The van der Waals surface area contributed by atoms with Gasteiger partial charge in [-0.25, -0.2) is 4.98 Å². The zero-order valence-electron chi connectivity index (χ0n) is 10.9. The molecule has 0 bridgehead atoms. The molecule has 2 unspecified atom stereocenters. The number of imidazole rings is 1. The van der Waals surface area contributed by atoms with Crippen molar-refractivity contribution in [2.45, 2.75) is 44.8 Å². The molecule has 2 rings (SSSR count). The van der Waals surface area contributed by atoms with Gasteiger partial charge in [0.1, 0.15) is 5.82 Å². The fraction of sp³-hybridized carbons (Fsp3) is 0.769. The monoisotopic (exact) mass is 237 g/mol. The Morgan fingerprint density at radius 3 is 3.12 bits per heavy atom. The summed E-state index contributed by atoms with van der Waals surface area (Å²) in [6.07, 6.45) is 8.84. The van der Waals surface area contributed by atoms with Crippen molar-refractivity contribution in [1.29, 1.82) is 0 Å². The molecular formula is C13H23N3O. The maximum absolute atomic E-state index is 5.72. The van der Waals surface area contributed by atoms with Gasteiger partial charge in [0.25, 0.3) is 0 Å². The molecule has 2 heterocycles. The van der Waals surface area contributed by atoms with Crippen LogP contribution in [0.5, 0.6) is 0 Å². The van der Waals surface area contributed by atoms with Crippen LogP contribution in [0.2, 0.25) is 0 Å². The molecule has 1 fully saturated rings. The lowest BCUT2D eigenvalue weighted by molar-refractivity contribution is 0.0933. The predicted molar refractivity (Wildman–Crippen MR) is 67.8 cm³/mol. The number of hydrogen-bond acceptors (Lipinski definition) is 3. The summed E-state index contributed by atoms with van der Waals surface area (Å²) in [5.41, 5.74) is 0. The molecule has 2 atom stereocenters. The number of rotatable bonds is 6. The molecule has 0 saturated carbocycles. The van der Waals surface area contributed by atoms with E-state index in [9.17, 15) is 0 Å². The van der Waals surface area contributed by atoms with Crippen LogP contribution in [-0.4, -0.2) is 28.8 Å². The van der Waals surface area contributed by atoms with Gasteiger partial charge in [-0.1, -0.05) is 6.92 Å². The number of aryl methyl sites for hydroxylation is 1. The lowest BCUT2D eigenvalue weighted by atomic mass is 10.1. The van der Waals surface area contributed by atoms with Gasteiger partial charge in [-0.3, -0.25) is 0 Å². The molecule has 1 saturated heterocycles. The van der Waals surface area contributed by atoms with Gasteiger partial charge in [0.2, 0.25) is 0 Å². The first kappa shape index (κ1) is 12.6. The fourth-order valence-electron chi connectivity index (χ4n) is 2.40. The number of ether oxygens (including phenoxy) is 1. The summed E-state index contributed by atoms with van der Waals surface area (Å²) in [6.45, 7) is 4.14. The molecule has 96 valence electrons. The Bertz CT molecular complexity index is 331. The maximum atomic E-state index is 5.72. The lowest BCUT2D eigenvalue weighted by Gasteiger charge is -2.21. The average molecular weight is 237 g/mol. The van der Waals surface area contributed by atoms with Crippen LogP contribution in [0.25, 0.3) is 0 Å². The third-order valence-electron chi connectivity index (χ3n) is 3.33. The minimum atomic E-state index is 0.318. The summed E-state index contributed by atoms with van der Waals surface area (Å²) in [5, 5.41) is 3.58. The van der Waals surface area contributed by atoms with Crippen molar-refractivity contribution in [3.8, 4) is 0 Å². The molecule has 4 heteroatoms. The van der Waals surface area contributed by atoms with Crippen LogP contribution in [0.3, 0.4) is 0 Å². The molecule has 1 aromatic rings. The zero-order valence-corrected chi connectivity index (χ0v) is 10.9. The summed E-state index contributed by atoms with van der Waals surface area (Å²) in [6, 6.07) is 0.318. The summed E-state index contributed by atoms with van der Waals surface area (Å²) in [5.74, 6) is 1.12. The van der Waals surface area contributed by atoms with E-state index in [0.29, 0.717) is 12.1 Å². The maximum Gasteiger partial charge on any atom is 0.125 e. The van der Waals surface area contributed by atoms with Gasteiger partial charge < -0.3 is 14.6 Å². The highest BCUT2D eigenvalue weighted by molar-refractivity contribution is 4.99. The Labute approximate surface area is 103 Å². The Morgan fingerprint density at radius 2 is 2.53 bits per heavy atom. The lowest BCUT2D eigenvalue weighted by Crippen LogP contribution is -2.28. The molecule has 0 aliphatic carbocycles. The van der Waals surface area contributed by atoms with Gasteiger partial charge in [-0.05, 0) is 32.2 Å². The Balaban J connectivity index is 1.99. The molecule has 1 aliphatic rings. The second-order valence-corrected chi connectivity index (χ2v) is 4.77. The van der Waals surface area contributed by atoms with Crippen molar-refractivity contribution >= 4 is 0 Å². The molecule has 1 N–H and O–H groups in total. The molecule has 0 radical (unpaired) electrons. The molecule has 0 aromatic carbocycles. The van der Waals surface area contributed by atoms with Gasteiger partial charge in [0.05, 0.1) is 12.1 Å². The van der Waals surface area contributed by atoms with Crippen molar-refractivity contribution < 1.29 is 4.74 Å². The average Bonchev–Trinajstić information content (AvgIpc) is 2.95. The largest absolute Gasteiger partial charge is 0.378 e. The van der Waals surface area contributed by atoms with Crippen LogP contribution in [0, 0.1) is 0 Å². The van der Waals surface area contributed by atoms with Gasteiger partial charge >= 0.3 is 0 Å². The molecule has 0 amide bonds. The summed E-state index contributed by atoms with van der Waals surface area (Å²) >= 11 is 0. The van der Waals surface area contributed by atoms with Gasteiger partial charge in [-0.15, -0.1) is 0 Å². The molecule has 1 aromatic heterocycles. The van der Waals surface area contributed by atoms with Crippen molar-refractivity contribution in [1.82, 2.24) is 14.9 Å². The van der Waals surface area contributed by atoms with E-state index in [1.807, 2.05) is 12.4 Å². The minimum absolute atomic E-state index is 0.318. The van der Waals surface area contributed by atoms with Crippen LogP contribution in [0.15, 0.2) is 12.4 Å². The number of nitrogens with zero attached hydrogens (tertiary/aromatic N) is 2. The Morgan fingerprint density at radius 1 is 1.65 bits per heavy atom. The highest BCUT2D eigenvalue weighted by Crippen LogP contribution is 2.24. The summed E-state index contributed by atoms with van der Waals surface area (Å²) in [7, 11) is 2.05. The zero-order chi connectivity index (χ0) is 12.1. The van der Waals surface area contributed by atoms with E-state index in [0.717, 1.165) is 31.8 Å². The van der Waals surface area contributed by atoms with Gasteiger partial charge in [0.15, 0.2) is 0 Å². The van der Waals surface area contributed by atoms with E-state index in [-0.39, 0.29) is 0 Å².